The Labute approximate surface area is 109 Å². The average molecular weight is 268 g/mol. The van der Waals surface area contributed by atoms with E-state index in [1.807, 2.05) is 6.92 Å². The number of carbonyl (C=O) groups excluding carboxylic acids is 1. The Morgan fingerprint density at radius 2 is 2.32 bits per heavy atom. The minimum absolute atomic E-state index is 0.0725. The molecule has 0 radical (unpaired) electrons. The highest BCUT2D eigenvalue weighted by molar-refractivity contribution is 5.84. The summed E-state index contributed by atoms with van der Waals surface area (Å²) in [6.45, 7) is 4.04. The lowest BCUT2D eigenvalue weighted by Crippen LogP contribution is -2.38. The minimum atomic E-state index is -0.667. The van der Waals surface area contributed by atoms with Gasteiger partial charge < -0.3 is 16.4 Å². The van der Waals surface area contributed by atoms with E-state index >= 15 is 0 Å². The van der Waals surface area contributed by atoms with Gasteiger partial charge in [0.25, 0.3) is 0 Å². The first-order valence-electron chi connectivity index (χ1n) is 5.76. The van der Waals surface area contributed by atoms with Crippen LogP contribution in [0.15, 0.2) is 6.20 Å². The fourth-order valence-electron chi connectivity index (χ4n) is 1.30. The van der Waals surface area contributed by atoms with Gasteiger partial charge in [0.05, 0.1) is 4.92 Å². The Morgan fingerprint density at radius 1 is 1.63 bits per heavy atom. The molecule has 1 atom stereocenters. The Balaban J connectivity index is 2.83. The van der Waals surface area contributed by atoms with E-state index in [-0.39, 0.29) is 23.4 Å². The highest BCUT2D eigenvalue weighted by atomic mass is 16.6. The van der Waals surface area contributed by atoms with Crippen molar-refractivity contribution in [3.8, 4) is 0 Å². The zero-order valence-corrected chi connectivity index (χ0v) is 10.7. The van der Waals surface area contributed by atoms with E-state index in [9.17, 15) is 14.9 Å². The monoisotopic (exact) mass is 268 g/mol. The molecule has 1 amide bonds. The smallest absolute Gasteiger partial charge is 0.329 e. The molecular weight excluding hydrogens is 252 g/mol. The van der Waals surface area contributed by atoms with Crippen LogP contribution in [-0.2, 0) is 4.79 Å². The standard InChI is InChI=1S/C10H16N6O3/c1-3-4-12-9(17)6(2)14-8-7(16(18)19)5-13-10(11)15-8/h5-6H,3-4H2,1-2H3,(H,12,17)(H3,11,13,14,15). The lowest BCUT2D eigenvalue weighted by atomic mass is 10.3. The van der Waals surface area contributed by atoms with E-state index in [0.29, 0.717) is 6.54 Å². The van der Waals surface area contributed by atoms with Gasteiger partial charge in [-0.3, -0.25) is 14.9 Å². The SMILES string of the molecule is CCCNC(=O)C(C)Nc1nc(N)ncc1[N+](=O)[O-]. The lowest BCUT2D eigenvalue weighted by molar-refractivity contribution is -0.384. The number of amides is 1. The highest BCUT2D eigenvalue weighted by Crippen LogP contribution is 2.21. The Kier molecular flexibility index (Phi) is 4.98. The summed E-state index contributed by atoms with van der Waals surface area (Å²) in [4.78, 5) is 29.1. The maximum atomic E-state index is 11.7. The fraction of sp³-hybridized carbons (Fsp3) is 0.500. The fourth-order valence-corrected chi connectivity index (χ4v) is 1.30. The van der Waals surface area contributed by atoms with Gasteiger partial charge in [-0.2, -0.15) is 4.98 Å². The van der Waals surface area contributed by atoms with Crippen molar-refractivity contribution in [1.29, 1.82) is 0 Å². The molecule has 9 heteroatoms. The molecule has 0 saturated carbocycles. The molecule has 9 nitrogen and oxygen atoms in total. The van der Waals surface area contributed by atoms with Crippen molar-refractivity contribution in [2.24, 2.45) is 0 Å². The topological polar surface area (TPSA) is 136 Å². The van der Waals surface area contributed by atoms with Gasteiger partial charge in [0.1, 0.15) is 12.2 Å². The quantitative estimate of drug-likeness (QED) is 0.498. The zero-order valence-electron chi connectivity index (χ0n) is 10.7. The van der Waals surface area contributed by atoms with Crippen LogP contribution in [-0.4, -0.2) is 33.4 Å². The summed E-state index contributed by atoms with van der Waals surface area (Å²) in [6.07, 6.45) is 1.81. The molecule has 1 aromatic heterocycles. The Bertz CT molecular complexity index is 478. The minimum Gasteiger partial charge on any atom is -0.368 e. The van der Waals surface area contributed by atoms with Crippen LogP contribution in [0.4, 0.5) is 17.5 Å². The number of nitrogen functional groups attached to an aromatic ring is 1. The molecule has 1 rings (SSSR count). The first-order chi connectivity index (χ1) is 8.95. The van der Waals surface area contributed by atoms with E-state index in [1.54, 1.807) is 6.92 Å². The number of nitrogens with two attached hydrogens (primary N) is 1. The van der Waals surface area contributed by atoms with Gasteiger partial charge in [0.15, 0.2) is 0 Å². The Morgan fingerprint density at radius 3 is 2.89 bits per heavy atom. The van der Waals surface area contributed by atoms with Gasteiger partial charge in [0.2, 0.25) is 17.7 Å². The summed E-state index contributed by atoms with van der Waals surface area (Å²) >= 11 is 0. The number of rotatable bonds is 6. The molecule has 0 aliphatic rings. The summed E-state index contributed by atoms with van der Waals surface area (Å²) in [6, 6.07) is -0.667. The number of nitrogens with one attached hydrogen (secondary N) is 2. The van der Waals surface area contributed by atoms with Crippen LogP contribution in [0.5, 0.6) is 0 Å². The molecule has 19 heavy (non-hydrogen) atoms. The van der Waals surface area contributed by atoms with Crippen LogP contribution in [0.2, 0.25) is 0 Å². The summed E-state index contributed by atoms with van der Waals surface area (Å²) in [5, 5.41) is 16.1. The van der Waals surface area contributed by atoms with Crippen molar-refractivity contribution in [3.05, 3.63) is 16.3 Å². The van der Waals surface area contributed by atoms with E-state index in [0.717, 1.165) is 12.6 Å². The average Bonchev–Trinajstić information content (AvgIpc) is 2.35. The Hall–Kier alpha value is -2.45. The van der Waals surface area contributed by atoms with Crippen LogP contribution in [0.25, 0.3) is 0 Å². The van der Waals surface area contributed by atoms with Crippen LogP contribution < -0.4 is 16.4 Å². The third-order valence-electron chi connectivity index (χ3n) is 2.28. The van der Waals surface area contributed by atoms with Gasteiger partial charge in [-0.1, -0.05) is 6.92 Å². The van der Waals surface area contributed by atoms with Crippen molar-refractivity contribution in [3.63, 3.8) is 0 Å². The van der Waals surface area contributed by atoms with Crippen LogP contribution in [0, 0.1) is 10.1 Å². The summed E-state index contributed by atoms with van der Waals surface area (Å²) < 4.78 is 0. The van der Waals surface area contributed by atoms with Gasteiger partial charge in [-0.25, -0.2) is 4.98 Å². The van der Waals surface area contributed by atoms with Crippen molar-refractivity contribution >= 4 is 23.4 Å². The second-order valence-corrected chi connectivity index (χ2v) is 3.88. The van der Waals surface area contributed by atoms with E-state index < -0.39 is 11.0 Å². The van der Waals surface area contributed by atoms with Crippen LogP contribution in [0.3, 0.4) is 0 Å². The molecule has 1 unspecified atom stereocenters. The lowest BCUT2D eigenvalue weighted by Gasteiger charge is -2.14. The number of nitro groups is 1. The second kappa shape index (κ2) is 6.47. The molecule has 0 spiro atoms. The van der Waals surface area contributed by atoms with Crippen molar-refractivity contribution < 1.29 is 9.72 Å². The number of aromatic nitrogens is 2. The summed E-state index contributed by atoms with van der Waals surface area (Å²) in [5.74, 6) is -0.445. The number of hydrogen-bond acceptors (Lipinski definition) is 7. The van der Waals surface area contributed by atoms with Crippen molar-refractivity contribution in [2.45, 2.75) is 26.3 Å². The van der Waals surface area contributed by atoms with E-state index in [4.69, 9.17) is 5.73 Å². The largest absolute Gasteiger partial charge is 0.368 e. The van der Waals surface area contributed by atoms with Gasteiger partial charge in [-0.15, -0.1) is 0 Å². The molecule has 104 valence electrons. The molecule has 0 aromatic carbocycles. The molecule has 0 saturated heterocycles. The normalized spacial score (nSPS) is 11.7. The van der Waals surface area contributed by atoms with Gasteiger partial charge in [-0.05, 0) is 13.3 Å². The second-order valence-electron chi connectivity index (χ2n) is 3.88. The van der Waals surface area contributed by atoms with Crippen LogP contribution >= 0.6 is 0 Å². The number of carbonyl (C=O) groups is 1. The van der Waals surface area contributed by atoms with Crippen LogP contribution in [0.1, 0.15) is 20.3 Å². The first-order valence-corrected chi connectivity index (χ1v) is 5.76. The molecule has 0 fully saturated rings. The molecule has 4 N–H and O–H groups in total. The van der Waals surface area contributed by atoms with Gasteiger partial charge >= 0.3 is 5.69 Å². The van der Waals surface area contributed by atoms with Crippen molar-refractivity contribution in [1.82, 2.24) is 15.3 Å². The summed E-state index contributed by atoms with van der Waals surface area (Å²) in [7, 11) is 0. The molecule has 0 aliphatic heterocycles. The third kappa shape index (κ3) is 4.05. The predicted octanol–water partition coefficient (Wildman–Crippen LogP) is 0.294. The predicted molar refractivity (Wildman–Crippen MR) is 69.5 cm³/mol. The first kappa shape index (κ1) is 14.6. The molecule has 0 bridgehead atoms. The van der Waals surface area contributed by atoms with E-state index in [1.165, 1.54) is 0 Å². The zero-order chi connectivity index (χ0) is 14.4. The molecule has 1 heterocycles. The summed E-state index contributed by atoms with van der Waals surface area (Å²) in [5.41, 5.74) is 5.04. The molecular formula is C10H16N6O3. The van der Waals surface area contributed by atoms with E-state index in [2.05, 4.69) is 20.6 Å². The molecule has 0 aliphatic carbocycles. The number of nitrogens with zero attached hydrogens (tertiary/aromatic N) is 3. The number of hydrogen-bond donors (Lipinski definition) is 3. The number of anilines is 2. The van der Waals surface area contributed by atoms with Gasteiger partial charge in [0, 0.05) is 6.54 Å². The van der Waals surface area contributed by atoms with Crippen molar-refractivity contribution in [2.75, 3.05) is 17.6 Å². The maximum Gasteiger partial charge on any atom is 0.329 e. The molecule has 1 aromatic rings. The highest BCUT2D eigenvalue weighted by Gasteiger charge is 2.21. The third-order valence-corrected chi connectivity index (χ3v) is 2.28. The maximum absolute atomic E-state index is 11.7.